The van der Waals surface area contributed by atoms with E-state index in [9.17, 15) is 4.79 Å². The molecule has 4 heterocycles. The van der Waals surface area contributed by atoms with Gasteiger partial charge in [-0.2, -0.15) is 5.10 Å². The minimum absolute atomic E-state index is 0.0336. The van der Waals surface area contributed by atoms with Crippen LogP contribution in [0.2, 0.25) is 0 Å². The summed E-state index contributed by atoms with van der Waals surface area (Å²) in [5.74, 6) is 1.46. The minimum Gasteiger partial charge on any atom is -0.444 e. The van der Waals surface area contributed by atoms with E-state index in [2.05, 4.69) is 25.7 Å². The first kappa shape index (κ1) is 30.8. The highest BCUT2D eigenvalue weighted by molar-refractivity contribution is 6.00. The lowest BCUT2D eigenvalue weighted by Crippen LogP contribution is -2.47. The standard InChI is InChI=1S/C34H37FN8O3/c1-21-10-11-23-24(12-13-26(35)29(23)40-28-15-19-42(5)41-28)30(21)45-31-25(9-6-16-36-31)27-14-17-37-32(39-27)38-22-8-7-18-43(20-22)33(44)46-34(2,3)4/h6,9-17,19,22H,7-8,18,20H2,1-5H3,(H,40,41)(H,37,38,39). The van der Waals surface area contributed by atoms with Crippen molar-refractivity contribution in [3.8, 4) is 22.9 Å². The largest absolute Gasteiger partial charge is 0.444 e. The predicted octanol–water partition coefficient (Wildman–Crippen LogP) is 7.22. The second kappa shape index (κ2) is 12.6. The molecule has 1 aliphatic heterocycles. The molecule has 2 aromatic carbocycles. The van der Waals surface area contributed by atoms with Crippen LogP contribution in [0, 0.1) is 12.7 Å². The number of ether oxygens (including phenoxy) is 2. The third kappa shape index (κ3) is 6.85. The normalized spacial score (nSPS) is 15.1. The highest BCUT2D eigenvalue weighted by Crippen LogP contribution is 2.40. The van der Waals surface area contributed by atoms with Crippen LogP contribution < -0.4 is 15.4 Å². The molecular weight excluding hydrogens is 587 g/mol. The van der Waals surface area contributed by atoms with Gasteiger partial charge in [-0.15, -0.1) is 0 Å². The number of piperidine rings is 1. The summed E-state index contributed by atoms with van der Waals surface area (Å²) < 4.78 is 28.8. The van der Waals surface area contributed by atoms with Gasteiger partial charge in [0.25, 0.3) is 0 Å². The zero-order valence-corrected chi connectivity index (χ0v) is 26.5. The molecule has 6 rings (SSSR count). The Morgan fingerprint density at radius 3 is 2.65 bits per heavy atom. The van der Waals surface area contributed by atoms with E-state index >= 15 is 4.39 Å². The Hall–Kier alpha value is -5.26. The van der Waals surface area contributed by atoms with Crippen molar-refractivity contribution in [3.05, 3.63) is 78.5 Å². The molecule has 2 N–H and O–H groups in total. The summed E-state index contributed by atoms with van der Waals surface area (Å²) in [5, 5.41) is 12.2. The first-order chi connectivity index (χ1) is 22.0. The van der Waals surface area contributed by atoms with Crippen molar-refractivity contribution in [2.45, 2.75) is 52.2 Å². The number of aryl methyl sites for hydroxylation is 2. The number of halogens is 1. The second-order valence-corrected chi connectivity index (χ2v) is 12.4. The van der Waals surface area contributed by atoms with Gasteiger partial charge < -0.3 is 25.0 Å². The number of likely N-dealkylation sites (tertiary alicyclic amines) is 1. The van der Waals surface area contributed by atoms with E-state index < -0.39 is 11.4 Å². The van der Waals surface area contributed by atoms with Crippen LogP contribution in [0.15, 0.2) is 67.1 Å². The molecule has 12 heteroatoms. The van der Waals surface area contributed by atoms with Crippen LogP contribution in [0.1, 0.15) is 39.2 Å². The molecule has 1 unspecified atom stereocenters. The van der Waals surface area contributed by atoms with Gasteiger partial charge in [0.1, 0.15) is 17.2 Å². The average molecular weight is 625 g/mol. The molecule has 1 aliphatic rings. The Labute approximate surface area is 266 Å². The molecule has 5 aromatic rings. The van der Waals surface area contributed by atoms with Crippen LogP contribution in [0.25, 0.3) is 22.0 Å². The van der Waals surface area contributed by atoms with Gasteiger partial charge in [-0.05, 0) is 76.4 Å². The molecule has 0 radical (unpaired) electrons. The molecule has 1 amide bonds. The summed E-state index contributed by atoms with van der Waals surface area (Å²) in [6, 6.07) is 14.1. The fourth-order valence-corrected chi connectivity index (χ4v) is 5.44. The van der Waals surface area contributed by atoms with Crippen molar-refractivity contribution >= 4 is 34.3 Å². The van der Waals surface area contributed by atoms with Crippen molar-refractivity contribution in [2.24, 2.45) is 7.05 Å². The number of fused-ring (bicyclic) bond motifs is 1. The zero-order chi connectivity index (χ0) is 32.4. The molecule has 46 heavy (non-hydrogen) atoms. The number of amides is 1. The van der Waals surface area contributed by atoms with Crippen molar-refractivity contribution in [1.82, 2.24) is 29.6 Å². The molecule has 1 fully saturated rings. The van der Waals surface area contributed by atoms with Gasteiger partial charge in [0.15, 0.2) is 5.82 Å². The van der Waals surface area contributed by atoms with E-state index in [1.807, 2.05) is 52.0 Å². The number of hydrogen-bond acceptors (Lipinski definition) is 9. The summed E-state index contributed by atoms with van der Waals surface area (Å²) in [6.07, 6.45) is 6.50. The van der Waals surface area contributed by atoms with Crippen molar-refractivity contribution in [3.63, 3.8) is 0 Å². The van der Waals surface area contributed by atoms with Crippen LogP contribution in [0.4, 0.5) is 26.6 Å². The smallest absolute Gasteiger partial charge is 0.410 e. The SMILES string of the molecule is Cc1ccc2c(Nc3ccn(C)n3)c(F)ccc2c1Oc1ncccc1-c1ccnc(NC2CCCN(C(=O)OC(C)(C)C)C2)n1. The van der Waals surface area contributed by atoms with E-state index in [4.69, 9.17) is 14.5 Å². The number of aromatic nitrogens is 5. The van der Waals surface area contributed by atoms with Gasteiger partial charge in [0.05, 0.1) is 16.9 Å². The molecule has 0 aliphatic carbocycles. The summed E-state index contributed by atoms with van der Waals surface area (Å²) in [5.41, 5.74) is 1.88. The Balaban J connectivity index is 1.26. The van der Waals surface area contributed by atoms with Crippen LogP contribution in [-0.2, 0) is 11.8 Å². The monoisotopic (exact) mass is 624 g/mol. The summed E-state index contributed by atoms with van der Waals surface area (Å²) in [6.45, 7) is 8.65. The van der Waals surface area contributed by atoms with Crippen LogP contribution in [-0.4, -0.2) is 60.5 Å². The second-order valence-electron chi connectivity index (χ2n) is 12.4. The van der Waals surface area contributed by atoms with Gasteiger partial charge in [0.2, 0.25) is 11.8 Å². The highest BCUT2D eigenvalue weighted by Gasteiger charge is 2.28. The number of pyridine rings is 1. The number of nitrogens with zero attached hydrogens (tertiary/aromatic N) is 6. The molecule has 238 valence electrons. The minimum atomic E-state index is -0.558. The van der Waals surface area contributed by atoms with Gasteiger partial charge in [-0.3, -0.25) is 4.68 Å². The molecule has 1 saturated heterocycles. The van der Waals surface area contributed by atoms with E-state index in [0.29, 0.717) is 64.2 Å². The molecule has 11 nitrogen and oxygen atoms in total. The fraction of sp³-hybridized carbons (Fsp3) is 0.324. The average Bonchev–Trinajstić information content (AvgIpc) is 3.44. The number of benzene rings is 2. The van der Waals surface area contributed by atoms with Crippen molar-refractivity contribution in [1.29, 1.82) is 0 Å². The van der Waals surface area contributed by atoms with Gasteiger partial charge >= 0.3 is 6.09 Å². The lowest BCUT2D eigenvalue weighted by Gasteiger charge is -2.34. The van der Waals surface area contributed by atoms with E-state index in [1.54, 1.807) is 53.4 Å². The van der Waals surface area contributed by atoms with E-state index in [1.165, 1.54) is 6.07 Å². The van der Waals surface area contributed by atoms with Crippen LogP contribution >= 0.6 is 0 Å². The maximum atomic E-state index is 15.1. The highest BCUT2D eigenvalue weighted by atomic mass is 19.1. The lowest BCUT2D eigenvalue weighted by atomic mass is 10.0. The van der Waals surface area contributed by atoms with Gasteiger partial charge in [-0.25, -0.2) is 24.1 Å². The van der Waals surface area contributed by atoms with Crippen molar-refractivity contribution < 1.29 is 18.7 Å². The summed E-state index contributed by atoms with van der Waals surface area (Å²) in [4.78, 5) is 28.2. The number of anilines is 3. The topological polar surface area (TPSA) is 119 Å². The Bertz CT molecular complexity index is 1890. The Morgan fingerprint density at radius 2 is 1.87 bits per heavy atom. The Morgan fingerprint density at radius 1 is 1.04 bits per heavy atom. The molecule has 3 aromatic heterocycles. The Kier molecular flexibility index (Phi) is 8.44. The number of rotatable bonds is 7. The van der Waals surface area contributed by atoms with E-state index in [-0.39, 0.29) is 12.1 Å². The quantitative estimate of drug-likeness (QED) is 0.193. The number of carbonyl (C=O) groups excluding carboxylic acids is 1. The van der Waals surface area contributed by atoms with Gasteiger partial charge in [0, 0.05) is 61.6 Å². The molecule has 1 atom stereocenters. The van der Waals surface area contributed by atoms with Crippen LogP contribution in [0.3, 0.4) is 0 Å². The van der Waals surface area contributed by atoms with Crippen LogP contribution in [0.5, 0.6) is 11.6 Å². The van der Waals surface area contributed by atoms with Crippen molar-refractivity contribution in [2.75, 3.05) is 23.7 Å². The molecule has 0 bridgehead atoms. The number of carbonyl (C=O) groups is 1. The molecular formula is C34H37FN8O3. The first-order valence-corrected chi connectivity index (χ1v) is 15.2. The third-order valence-corrected chi connectivity index (χ3v) is 7.57. The van der Waals surface area contributed by atoms with E-state index in [0.717, 1.165) is 18.4 Å². The zero-order valence-electron chi connectivity index (χ0n) is 26.5. The number of hydrogen-bond donors (Lipinski definition) is 2. The first-order valence-electron chi connectivity index (χ1n) is 15.2. The van der Waals surface area contributed by atoms with Gasteiger partial charge in [-0.1, -0.05) is 12.1 Å². The maximum absolute atomic E-state index is 15.1. The summed E-state index contributed by atoms with van der Waals surface area (Å²) in [7, 11) is 1.80. The predicted molar refractivity (Wildman–Crippen MR) is 175 cm³/mol. The fourth-order valence-electron chi connectivity index (χ4n) is 5.44. The number of nitrogens with one attached hydrogen (secondary N) is 2. The third-order valence-electron chi connectivity index (χ3n) is 7.57. The summed E-state index contributed by atoms with van der Waals surface area (Å²) >= 11 is 0. The molecule has 0 saturated carbocycles. The maximum Gasteiger partial charge on any atom is 0.410 e. The molecule has 0 spiro atoms. The lowest BCUT2D eigenvalue weighted by molar-refractivity contribution is 0.0206.